The SMILES string of the molecule is CCOC(=O)c1sc(C#CCCNC(=O)OCc2ccccc2)nc1C. The van der Waals surface area contributed by atoms with E-state index in [4.69, 9.17) is 9.47 Å². The summed E-state index contributed by atoms with van der Waals surface area (Å²) in [5.41, 5.74) is 1.54. The van der Waals surface area contributed by atoms with Crippen molar-refractivity contribution < 1.29 is 19.1 Å². The number of hydrogen-bond donors (Lipinski definition) is 1. The van der Waals surface area contributed by atoms with Crippen LogP contribution in [0.25, 0.3) is 0 Å². The maximum absolute atomic E-state index is 11.7. The van der Waals surface area contributed by atoms with E-state index in [0.29, 0.717) is 35.2 Å². The van der Waals surface area contributed by atoms with Crippen LogP contribution in [0.1, 0.15) is 39.3 Å². The second-order valence-corrected chi connectivity index (χ2v) is 6.19. The number of aromatic nitrogens is 1. The van der Waals surface area contributed by atoms with E-state index in [1.54, 1.807) is 13.8 Å². The average Bonchev–Trinajstić information content (AvgIpc) is 3.01. The van der Waals surface area contributed by atoms with Crippen molar-refractivity contribution in [3.05, 3.63) is 51.5 Å². The molecule has 1 amide bonds. The lowest BCUT2D eigenvalue weighted by molar-refractivity contribution is 0.0531. The van der Waals surface area contributed by atoms with Crippen LogP contribution in [0.2, 0.25) is 0 Å². The van der Waals surface area contributed by atoms with Gasteiger partial charge in [-0.05, 0) is 25.3 Å². The van der Waals surface area contributed by atoms with Crippen LogP contribution in [0.4, 0.5) is 4.79 Å². The largest absolute Gasteiger partial charge is 0.462 e. The maximum atomic E-state index is 11.7. The highest BCUT2D eigenvalue weighted by Gasteiger charge is 2.15. The van der Waals surface area contributed by atoms with Crippen molar-refractivity contribution in [3.63, 3.8) is 0 Å². The molecule has 0 spiro atoms. The Morgan fingerprint density at radius 2 is 2.00 bits per heavy atom. The van der Waals surface area contributed by atoms with Crippen LogP contribution >= 0.6 is 11.3 Å². The zero-order valence-corrected chi connectivity index (χ0v) is 15.5. The third-order valence-corrected chi connectivity index (χ3v) is 4.24. The van der Waals surface area contributed by atoms with E-state index >= 15 is 0 Å². The molecule has 1 aromatic heterocycles. The fourth-order valence-electron chi connectivity index (χ4n) is 1.98. The Morgan fingerprint density at radius 1 is 1.23 bits per heavy atom. The summed E-state index contributed by atoms with van der Waals surface area (Å²) in [6, 6.07) is 9.46. The van der Waals surface area contributed by atoms with Gasteiger partial charge in [0, 0.05) is 13.0 Å². The van der Waals surface area contributed by atoms with Gasteiger partial charge < -0.3 is 14.8 Å². The number of amides is 1. The van der Waals surface area contributed by atoms with E-state index in [2.05, 4.69) is 22.1 Å². The summed E-state index contributed by atoms with van der Waals surface area (Å²) < 4.78 is 10.1. The number of aryl methyl sites for hydroxylation is 1. The van der Waals surface area contributed by atoms with Crippen molar-refractivity contribution in [2.24, 2.45) is 0 Å². The quantitative estimate of drug-likeness (QED) is 0.478. The number of thiazole rings is 1. The molecular weight excluding hydrogens is 352 g/mol. The molecule has 0 radical (unpaired) electrons. The molecule has 6 nitrogen and oxygen atoms in total. The number of esters is 1. The van der Waals surface area contributed by atoms with Crippen molar-refractivity contribution >= 4 is 23.4 Å². The molecule has 7 heteroatoms. The number of ether oxygens (including phenoxy) is 2. The molecule has 0 saturated carbocycles. The first-order chi connectivity index (χ1) is 12.6. The summed E-state index contributed by atoms with van der Waals surface area (Å²) in [6.07, 6.45) is -0.0290. The Morgan fingerprint density at radius 3 is 2.73 bits per heavy atom. The first kappa shape index (κ1) is 19.5. The zero-order valence-electron chi connectivity index (χ0n) is 14.7. The van der Waals surface area contributed by atoms with Crippen LogP contribution in [0.3, 0.4) is 0 Å². The third-order valence-electron chi connectivity index (χ3n) is 3.18. The van der Waals surface area contributed by atoms with E-state index in [0.717, 1.165) is 5.56 Å². The highest BCUT2D eigenvalue weighted by atomic mass is 32.1. The van der Waals surface area contributed by atoms with Gasteiger partial charge in [-0.3, -0.25) is 0 Å². The van der Waals surface area contributed by atoms with Crippen LogP contribution in [0.15, 0.2) is 30.3 Å². The molecular formula is C19H20N2O4S. The normalized spacial score (nSPS) is 9.77. The van der Waals surface area contributed by atoms with Gasteiger partial charge in [-0.15, -0.1) is 0 Å². The minimum absolute atomic E-state index is 0.230. The smallest absolute Gasteiger partial charge is 0.407 e. The molecule has 1 heterocycles. The number of alkyl carbamates (subject to hydrolysis) is 1. The Balaban J connectivity index is 1.72. The van der Waals surface area contributed by atoms with Crippen molar-refractivity contribution in [2.75, 3.05) is 13.2 Å². The molecule has 136 valence electrons. The molecule has 0 unspecified atom stereocenters. The summed E-state index contributed by atoms with van der Waals surface area (Å²) in [4.78, 5) is 28.0. The molecule has 0 bridgehead atoms. The molecule has 0 aliphatic heterocycles. The predicted molar refractivity (Wildman–Crippen MR) is 98.9 cm³/mol. The lowest BCUT2D eigenvalue weighted by Crippen LogP contribution is -2.24. The number of rotatable bonds is 6. The molecule has 2 rings (SSSR count). The first-order valence-electron chi connectivity index (χ1n) is 8.18. The minimum atomic E-state index is -0.481. The van der Waals surface area contributed by atoms with Gasteiger partial charge in [0.1, 0.15) is 11.5 Å². The first-order valence-corrected chi connectivity index (χ1v) is 8.99. The van der Waals surface area contributed by atoms with Crippen LogP contribution in [0, 0.1) is 18.8 Å². The van der Waals surface area contributed by atoms with Gasteiger partial charge in [0.05, 0.1) is 12.3 Å². The lowest BCUT2D eigenvalue weighted by atomic mass is 10.2. The lowest BCUT2D eigenvalue weighted by Gasteiger charge is -2.05. The van der Waals surface area contributed by atoms with Gasteiger partial charge in [-0.2, -0.15) is 0 Å². The second kappa shape index (κ2) is 10.2. The molecule has 1 aromatic carbocycles. The molecule has 2 aromatic rings. The maximum Gasteiger partial charge on any atom is 0.407 e. The van der Waals surface area contributed by atoms with Gasteiger partial charge in [0.2, 0.25) is 0 Å². The standard InChI is InChI=1S/C19H20N2O4S/c1-3-24-18(22)17-14(2)21-16(26-17)11-7-8-12-20-19(23)25-13-15-9-5-4-6-10-15/h4-6,9-10H,3,8,12-13H2,1-2H3,(H,20,23). The summed E-state index contributed by atoms with van der Waals surface area (Å²) in [7, 11) is 0. The average molecular weight is 372 g/mol. The van der Waals surface area contributed by atoms with Gasteiger partial charge in [-0.25, -0.2) is 14.6 Å². The fraction of sp³-hybridized carbons (Fsp3) is 0.316. The fourth-order valence-corrected chi connectivity index (χ4v) is 2.81. The molecule has 0 aliphatic rings. The summed E-state index contributed by atoms with van der Waals surface area (Å²) in [5.74, 6) is 5.43. The summed E-state index contributed by atoms with van der Waals surface area (Å²) >= 11 is 1.21. The third kappa shape index (κ3) is 6.22. The topological polar surface area (TPSA) is 77.5 Å². The van der Waals surface area contributed by atoms with Crippen molar-refractivity contribution in [3.8, 4) is 11.8 Å². The Bertz CT molecular complexity index is 806. The number of benzene rings is 1. The number of carbonyl (C=O) groups is 2. The van der Waals surface area contributed by atoms with E-state index in [9.17, 15) is 9.59 Å². The number of nitrogens with zero attached hydrogens (tertiary/aromatic N) is 1. The van der Waals surface area contributed by atoms with E-state index < -0.39 is 6.09 Å². The predicted octanol–water partition coefficient (Wildman–Crippen LogP) is 3.30. The monoisotopic (exact) mass is 372 g/mol. The highest BCUT2D eigenvalue weighted by Crippen LogP contribution is 2.18. The zero-order chi connectivity index (χ0) is 18.8. The van der Waals surface area contributed by atoms with Crippen molar-refractivity contribution in [1.29, 1.82) is 0 Å². The molecule has 26 heavy (non-hydrogen) atoms. The van der Waals surface area contributed by atoms with Crippen LogP contribution in [0.5, 0.6) is 0 Å². The molecule has 1 N–H and O–H groups in total. The van der Waals surface area contributed by atoms with Crippen LogP contribution in [-0.2, 0) is 16.1 Å². The molecule has 0 atom stereocenters. The molecule has 0 saturated heterocycles. The van der Waals surface area contributed by atoms with E-state index in [1.165, 1.54) is 11.3 Å². The van der Waals surface area contributed by atoms with Gasteiger partial charge >= 0.3 is 12.1 Å². The van der Waals surface area contributed by atoms with Crippen molar-refractivity contribution in [2.45, 2.75) is 26.9 Å². The van der Waals surface area contributed by atoms with E-state index in [-0.39, 0.29) is 12.6 Å². The Labute approximate surface area is 156 Å². The number of carbonyl (C=O) groups excluding carboxylic acids is 2. The molecule has 0 fully saturated rings. The number of nitrogens with one attached hydrogen (secondary N) is 1. The van der Waals surface area contributed by atoms with Crippen molar-refractivity contribution in [1.82, 2.24) is 10.3 Å². The minimum Gasteiger partial charge on any atom is -0.462 e. The second-order valence-electron chi connectivity index (χ2n) is 5.19. The van der Waals surface area contributed by atoms with Crippen LogP contribution < -0.4 is 5.32 Å². The van der Waals surface area contributed by atoms with Gasteiger partial charge in [-0.1, -0.05) is 47.6 Å². The van der Waals surface area contributed by atoms with Gasteiger partial charge in [0.15, 0.2) is 5.01 Å². The Kier molecular flexibility index (Phi) is 7.65. The van der Waals surface area contributed by atoms with Crippen LogP contribution in [-0.4, -0.2) is 30.2 Å². The summed E-state index contributed by atoms with van der Waals surface area (Å²) in [6.45, 7) is 4.43. The summed E-state index contributed by atoms with van der Waals surface area (Å²) in [5, 5.41) is 3.19. The highest BCUT2D eigenvalue weighted by molar-refractivity contribution is 7.14. The van der Waals surface area contributed by atoms with Gasteiger partial charge in [0.25, 0.3) is 0 Å². The van der Waals surface area contributed by atoms with E-state index in [1.807, 2.05) is 30.3 Å². The number of hydrogen-bond acceptors (Lipinski definition) is 6. The Hall–Kier alpha value is -2.85. The molecule has 0 aliphatic carbocycles.